The van der Waals surface area contributed by atoms with E-state index in [4.69, 9.17) is 0 Å². The fraction of sp³-hybridized carbons (Fsp3) is 0.529. The fourth-order valence-corrected chi connectivity index (χ4v) is 2.78. The van der Waals surface area contributed by atoms with E-state index in [0.29, 0.717) is 11.3 Å². The molecule has 2 rings (SSSR count). The molecule has 1 N–H and O–H groups in total. The highest BCUT2D eigenvalue weighted by Gasteiger charge is 2.22. The Bertz CT molecular complexity index is 505. The van der Waals surface area contributed by atoms with Crippen LogP contribution in [0.2, 0.25) is 0 Å². The van der Waals surface area contributed by atoms with Crippen molar-refractivity contribution < 1.29 is 9.59 Å². The van der Waals surface area contributed by atoms with Crippen LogP contribution in [0.1, 0.15) is 49.9 Å². The lowest BCUT2D eigenvalue weighted by molar-refractivity contribution is -0.120. The van der Waals surface area contributed by atoms with Gasteiger partial charge in [-0.15, -0.1) is 0 Å². The summed E-state index contributed by atoms with van der Waals surface area (Å²) in [5.74, 6) is -0.0704. The van der Waals surface area contributed by atoms with E-state index in [-0.39, 0.29) is 17.7 Å². The number of nitrogens with one attached hydrogen (secondary N) is 1. The number of amides is 1. The molecule has 1 amide bonds. The first-order chi connectivity index (χ1) is 10.1. The molecule has 0 spiro atoms. The molecular weight excluding hydrogens is 264 g/mol. The third-order valence-corrected chi connectivity index (χ3v) is 4.13. The maximum atomic E-state index is 12.4. The second-order valence-electron chi connectivity index (χ2n) is 5.72. The van der Waals surface area contributed by atoms with Crippen molar-refractivity contribution in [3.05, 3.63) is 29.8 Å². The highest BCUT2D eigenvalue weighted by Crippen LogP contribution is 2.18. The van der Waals surface area contributed by atoms with Gasteiger partial charge in [0.2, 0.25) is 5.91 Å². The lowest BCUT2D eigenvalue weighted by Crippen LogP contribution is -2.42. The number of para-hydroxylation sites is 1. The van der Waals surface area contributed by atoms with E-state index in [9.17, 15) is 9.59 Å². The standard InChI is InChI=1S/C17H24N2O2/c1-13(19-11-7-3-4-8-12-19)17(21)18-16-10-6-5-9-15(16)14(2)20/h5-6,9-10,13H,3-4,7-8,11-12H2,1-2H3,(H,18,21)/t13-/m1/s1. The molecule has 4 nitrogen and oxygen atoms in total. The van der Waals surface area contributed by atoms with Crippen LogP contribution in [-0.4, -0.2) is 35.7 Å². The van der Waals surface area contributed by atoms with Gasteiger partial charge in [0.1, 0.15) is 0 Å². The molecule has 114 valence electrons. The van der Waals surface area contributed by atoms with Crippen LogP contribution in [-0.2, 0) is 4.79 Å². The minimum Gasteiger partial charge on any atom is -0.324 e. The summed E-state index contributed by atoms with van der Waals surface area (Å²) in [6, 6.07) is 7.00. The third kappa shape index (κ3) is 4.14. The zero-order valence-electron chi connectivity index (χ0n) is 12.9. The van der Waals surface area contributed by atoms with Gasteiger partial charge in [0.05, 0.1) is 11.7 Å². The highest BCUT2D eigenvalue weighted by atomic mass is 16.2. The first-order valence-corrected chi connectivity index (χ1v) is 7.74. The second kappa shape index (κ2) is 7.36. The molecule has 1 aromatic carbocycles. The SMILES string of the molecule is CC(=O)c1ccccc1NC(=O)[C@@H](C)N1CCCCCC1. The summed E-state index contributed by atoms with van der Waals surface area (Å²) in [7, 11) is 0. The van der Waals surface area contributed by atoms with Gasteiger partial charge in [-0.25, -0.2) is 0 Å². The summed E-state index contributed by atoms with van der Waals surface area (Å²) in [6.45, 7) is 5.41. The van der Waals surface area contributed by atoms with Crippen molar-refractivity contribution >= 4 is 17.4 Å². The van der Waals surface area contributed by atoms with Gasteiger partial charge in [0.15, 0.2) is 5.78 Å². The number of anilines is 1. The smallest absolute Gasteiger partial charge is 0.241 e. The normalized spacial score (nSPS) is 17.8. The van der Waals surface area contributed by atoms with Crippen LogP contribution in [0.3, 0.4) is 0 Å². The van der Waals surface area contributed by atoms with Gasteiger partial charge in [-0.1, -0.05) is 25.0 Å². The van der Waals surface area contributed by atoms with Gasteiger partial charge in [0, 0.05) is 5.56 Å². The molecule has 21 heavy (non-hydrogen) atoms. The minimum absolute atomic E-state index is 0.0340. The molecule has 1 aliphatic heterocycles. The Morgan fingerprint density at radius 3 is 2.33 bits per heavy atom. The number of ketones is 1. The summed E-state index contributed by atoms with van der Waals surface area (Å²) >= 11 is 0. The van der Waals surface area contributed by atoms with Gasteiger partial charge >= 0.3 is 0 Å². The Kier molecular flexibility index (Phi) is 5.51. The van der Waals surface area contributed by atoms with Gasteiger partial charge in [-0.05, 0) is 51.9 Å². The molecule has 0 saturated carbocycles. The number of likely N-dealkylation sites (tertiary alicyclic amines) is 1. The van der Waals surface area contributed by atoms with E-state index < -0.39 is 0 Å². The molecule has 0 aliphatic carbocycles. The number of hydrogen-bond donors (Lipinski definition) is 1. The first-order valence-electron chi connectivity index (χ1n) is 7.74. The molecule has 4 heteroatoms. The zero-order chi connectivity index (χ0) is 15.2. The van der Waals surface area contributed by atoms with E-state index in [2.05, 4.69) is 10.2 Å². The number of carbonyl (C=O) groups excluding carboxylic acids is 2. The number of hydrogen-bond acceptors (Lipinski definition) is 3. The molecule has 1 heterocycles. The maximum Gasteiger partial charge on any atom is 0.241 e. The van der Waals surface area contributed by atoms with Crippen molar-refractivity contribution in [3.63, 3.8) is 0 Å². The zero-order valence-corrected chi connectivity index (χ0v) is 12.9. The molecular formula is C17H24N2O2. The van der Waals surface area contributed by atoms with Gasteiger partial charge in [-0.3, -0.25) is 14.5 Å². The van der Waals surface area contributed by atoms with Crippen LogP contribution in [0.15, 0.2) is 24.3 Å². The van der Waals surface area contributed by atoms with Crippen LogP contribution in [0, 0.1) is 0 Å². The summed E-state index contributed by atoms with van der Waals surface area (Å²) < 4.78 is 0. The Hall–Kier alpha value is -1.68. The van der Waals surface area contributed by atoms with Gasteiger partial charge in [-0.2, -0.15) is 0 Å². The molecule has 0 radical (unpaired) electrons. The van der Waals surface area contributed by atoms with Crippen LogP contribution < -0.4 is 5.32 Å². The number of rotatable bonds is 4. The van der Waals surface area contributed by atoms with Crippen molar-refractivity contribution in [1.29, 1.82) is 0 Å². The molecule has 1 aromatic rings. The van der Waals surface area contributed by atoms with E-state index in [1.165, 1.54) is 19.8 Å². The van der Waals surface area contributed by atoms with Crippen molar-refractivity contribution in [2.24, 2.45) is 0 Å². The third-order valence-electron chi connectivity index (χ3n) is 4.13. The number of carbonyl (C=O) groups is 2. The Labute approximate surface area is 126 Å². The van der Waals surface area contributed by atoms with Crippen molar-refractivity contribution in [2.45, 2.75) is 45.6 Å². The van der Waals surface area contributed by atoms with E-state index in [1.807, 2.05) is 19.1 Å². The van der Waals surface area contributed by atoms with Gasteiger partial charge < -0.3 is 5.32 Å². The summed E-state index contributed by atoms with van der Waals surface area (Å²) in [5.41, 5.74) is 1.17. The minimum atomic E-state index is -0.164. The number of nitrogens with zero attached hydrogens (tertiary/aromatic N) is 1. The highest BCUT2D eigenvalue weighted by molar-refractivity contribution is 6.04. The fourth-order valence-electron chi connectivity index (χ4n) is 2.78. The quantitative estimate of drug-likeness (QED) is 0.866. The molecule has 1 fully saturated rings. The van der Waals surface area contributed by atoms with Crippen LogP contribution >= 0.6 is 0 Å². The monoisotopic (exact) mass is 288 g/mol. The summed E-state index contributed by atoms with van der Waals surface area (Å²) in [6.07, 6.45) is 4.80. The molecule has 1 saturated heterocycles. The summed E-state index contributed by atoms with van der Waals surface area (Å²) in [4.78, 5) is 26.3. The average molecular weight is 288 g/mol. The number of Topliss-reactive ketones (excluding diaryl/α,β-unsaturated/α-hetero) is 1. The van der Waals surface area contributed by atoms with Crippen molar-refractivity contribution in [3.8, 4) is 0 Å². The maximum absolute atomic E-state index is 12.4. The Morgan fingerprint density at radius 2 is 1.71 bits per heavy atom. The molecule has 0 unspecified atom stereocenters. The van der Waals surface area contributed by atoms with E-state index in [1.54, 1.807) is 12.1 Å². The van der Waals surface area contributed by atoms with Crippen LogP contribution in [0.5, 0.6) is 0 Å². The molecule has 0 bridgehead atoms. The molecule has 1 atom stereocenters. The lowest BCUT2D eigenvalue weighted by Gasteiger charge is -2.26. The predicted octanol–water partition coefficient (Wildman–Crippen LogP) is 3.09. The largest absolute Gasteiger partial charge is 0.324 e. The lowest BCUT2D eigenvalue weighted by atomic mass is 10.1. The Morgan fingerprint density at radius 1 is 1.10 bits per heavy atom. The van der Waals surface area contributed by atoms with Crippen molar-refractivity contribution in [1.82, 2.24) is 4.90 Å². The number of benzene rings is 1. The van der Waals surface area contributed by atoms with Gasteiger partial charge in [0.25, 0.3) is 0 Å². The van der Waals surface area contributed by atoms with Crippen LogP contribution in [0.25, 0.3) is 0 Å². The van der Waals surface area contributed by atoms with Crippen molar-refractivity contribution in [2.75, 3.05) is 18.4 Å². The topological polar surface area (TPSA) is 49.4 Å². The van der Waals surface area contributed by atoms with E-state index in [0.717, 1.165) is 25.9 Å². The molecule has 1 aliphatic rings. The van der Waals surface area contributed by atoms with E-state index >= 15 is 0 Å². The predicted molar refractivity (Wildman–Crippen MR) is 84.6 cm³/mol. The second-order valence-corrected chi connectivity index (χ2v) is 5.72. The summed E-state index contributed by atoms with van der Waals surface area (Å²) in [5, 5.41) is 2.91. The first kappa shape index (κ1) is 15.7. The average Bonchev–Trinajstić information content (AvgIpc) is 2.75. The van der Waals surface area contributed by atoms with Crippen LogP contribution in [0.4, 0.5) is 5.69 Å². The Balaban J connectivity index is 2.05. The molecule has 0 aromatic heterocycles.